The Bertz CT molecular complexity index is 669. The van der Waals surface area contributed by atoms with Gasteiger partial charge < -0.3 is 5.73 Å². The lowest BCUT2D eigenvalue weighted by Crippen LogP contribution is -2.09. The van der Waals surface area contributed by atoms with Crippen LogP contribution in [0, 0.1) is 6.92 Å². The van der Waals surface area contributed by atoms with Crippen LogP contribution in [-0.4, -0.2) is 24.5 Å². The Morgan fingerprint density at radius 2 is 2.00 bits per heavy atom. The first-order valence-corrected chi connectivity index (χ1v) is 6.00. The molecule has 0 aliphatic heterocycles. The molecule has 0 unspecified atom stereocenters. The van der Waals surface area contributed by atoms with E-state index in [1.807, 2.05) is 41.9 Å². The normalized spacial score (nSPS) is 10.8. The molecule has 2 N–H and O–H groups in total. The summed E-state index contributed by atoms with van der Waals surface area (Å²) in [4.78, 5) is 3.99. The summed E-state index contributed by atoms with van der Waals surface area (Å²) >= 11 is 0. The monoisotopic (exact) mass is 254 g/mol. The Morgan fingerprint density at radius 3 is 2.63 bits per heavy atom. The highest BCUT2D eigenvalue weighted by Gasteiger charge is 2.17. The molecule has 0 aliphatic rings. The molecule has 1 aromatic carbocycles. The fraction of sp³-hybridized carbons (Fsp3) is 0.154. The van der Waals surface area contributed by atoms with Crippen molar-refractivity contribution < 1.29 is 0 Å². The van der Waals surface area contributed by atoms with E-state index < -0.39 is 0 Å². The van der Waals surface area contributed by atoms with Gasteiger partial charge in [0.05, 0.1) is 11.4 Å². The summed E-state index contributed by atoms with van der Waals surface area (Å²) in [5.74, 6) is 0.837. The third kappa shape index (κ3) is 1.92. The van der Waals surface area contributed by atoms with E-state index in [4.69, 9.17) is 5.73 Å². The van der Waals surface area contributed by atoms with Gasteiger partial charge in [0.2, 0.25) is 0 Å². The van der Waals surface area contributed by atoms with Gasteiger partial charge in [-0.25, -0.2) is 14.3 Å². The van der Waals surface area contributed by atoms with Gasteiger partial charge in [-0.1, -0.05) is 18.2 Å². The van der Waals surface area contributed by atoms with E-state index in [0.29, 0.717) is 6.54 Å². The molecule has 0 bridgehead atoms. The topological polar surface area (TPSA) is 74.5 Å². The average Bonchev–Trinajstić information content (AvgIpc) is 3.06. The predicted molar refractivity (Wildman–Crippen MR) is 71.1 cm³/mol. The minimum atomic E-state index is 0.411. The van der Waals surface area contributed by atoms with Crippen LogP contribution >= 0.6 is 0 Å². The number of aromatic nitrogens is 5. The van der Waals surface area contributed by atoms with Gasteiger partial charge in [-0.15, -0.1) is 0 Å². The fourth-order valence-corrected chi connectivity index (χ4v) is 2.09. The van der Waals surface area contributed by atoms with Crippen LogP contribution in [0.4, 0.5) is 0 Å². The summed E-state index contributed by atoms with van der Waals surface area (Å²) in [5.41, 5.74) is 8.67. The van der Waals surface area contributed by atoms with Gasteiger partial charge in [0.25, 0.3) is 0 Å². The maximum absolute atomic E-state index is 5.83. The van der Waals surface area contributed by atoms with Gasteiger partial charge in [-0.2, -0.15) is 10.2 Å². The quantitative estimate of drug-likeness (QED) is 0.762. The zero-order chi connectivity index (χ0) is 13.2. The molecule has 0 saturated carbocycles. The third-order valence-corrected chi connectivity index (χ3v) is 3.00. The molecule has 0 atom stereocenters. The molecule has 0 fully saturated rings. The Balaban J connectivity index is 2.26. The number of aryl methyl sites for hydroxylation is 1. The first-order chi connectivity index (χ1) is 9.31. The molecule has 2 heterocycles. The standard InChI is InChI=1S/C13H14N6/c1-10-12(7-14)13(18-9-15-8-16-18)19(17-10)11-5-3-2-4-6-11/h2-6,8-9H,7,14H2,1H3. The molecule has 2 aromatic heterocycles. The van der Waals surface area contributed by atoms with Crippen molar-refractivity contribution >= 4 is 0 Å². The van der Waals surface area contributed by atoms with E-state index >= 15 is 0 Å². The van der Waals surface area contributed by atoms with Crippen molar-refractivity contribution in [1.82, 2.24) is 24.5 Å². The number of nitrogens with two attached hydrogens (primary N) is 1. The SMILES string of the molecule is Cc1nn(-c2ccccc2)c(-n2cncn2)c1CN. The molecule has 0 aliphatic carbocycles. The molecular formula is C13H14N6. The highest BCUT2D eigenvalue weighted by Crippen LogP contribution is 2.21. The lowest BCUT2D eigenvalue weighted by atomic mass is 10.2. The van der Waals surface area contributed by atoms with E-state index in [9.17, 15) is 0 Å². The van der Waals surface area contributed by atoms with Crippen molar-refractivity contribution in [1.29, 1.82) is 0 Å². The molecule has 6 heteroatoms. The Kier molecular flexibility index (Phi) is 2.85. The zero-order valence-corrected chi connectivity index (χ0v) is 10.6. The number of benzene rings is 1. The summed E-state index contributed by atoms with van der Waals surface area (Å²) in [5, 5.41) is 8.74. The van der Waals surface area contributed by atoms with E-state index in [0.717, 1.165) is 22.8 Å². The Labute approximate surface area is 110 Å². The first kappa shape index (κ1) is 11.6. The van der Waals surface area contributed by atoms with Gasteiger partial charge in [-0.3, -0.25) is 0 Å². The van der Waals surface area contributed by atoms with Crippen LogP contribution in [-0.2, 0) is 6.54 Å². The number of hydrogen-bond acceptors (Lipinski definition) is 4. The van der Waals surface area contributed by atoms with Crippen LogP contribution in [0.5, 0.6) is 0 Å². The number of para-hydroxylation sites is 1. The molecular weight excluding hydrogens is 240 g/mol. The molecule has 19 heavy (non-hydrogen) atoms. The molecule has 6 nitrogen and oxygen atoms in total. The second-order valence-electron chi connectivity index (χ2n) is 4.18. The van der Waals surface area contributed by atoms with Gasteiger partial charge in [0.1, 0.15) is 12.7 Å². The summed E-state index contributed by atoms with van der Waals surface area (Å²) in [6, 6.07) is 9.90. The maximum Gasteiger partial charge on any atom is 0.163 e. The van der Waals surface area contributed by atoms with Crippen LogP contribution in [0.25, 0.3) is 11.5 Å². The van der Waals surface area contributed by atoms with Crippen molar-refractivity contribution in [2.45, 2.75) is 13.5 Å². The minimum Gasteiger partial charge on any atom is -0.326 e. The zero-order valence-electron chi connectivity index (χ0n) is 10.6. The van der Waals surface area contributed by atoms with Crippen molar-refractivity contribution in [2.75, 3.05) is 0 Å². The lowest BCUT2D eigenvalue weighted by Gasteiger charge is -2.08. The summed E-state index contributed by atoms with van der Waals surface area (Å²) in [6.07, 6.45) is 3.15. The van der Waals surface area contributed by atoms with Gasteiger partial charge >= 0.3 is 0 Å². The van der Waals surface area contributed by atoms with Gasteiger partial charge in [-0.05, 0) is 19.1 Å². The summed E-state index contributed by atoms with van der Waals surface area (Å²) in [7, 11) is 0. The highest BCUT2D eigenvalue weighted by molar-refractivity contribution is 5.44. The summed E-state index contributed by atoms with van der Waals surface area (Å²) < 4.78 is 3.53. The maximum atomic E-state index is 5.83. The van der Waals surface area contributed by atoms with Crippen molar-refractivity contribution in [2.24, 2.45) is 5.73 Å². The molecule has 0 radical (unpaired) electrons. The molecule has 96 valence electrons. The second-order valence-corrected chi connectivity index (χ2v) is 4.18. The molecule has 0 saturated heterocycles. The van der Waals surface area contributed by atoms with Crippen LogP contribution in [0.15, 0.2) is 43.0 Å². The van der Waals surface area contributed by atoms with E-state index in [1.54, 1.807) is 11.0 Å². The predicted octanol–water partition coefficient (Wildman–Crippen LogP) is 1.22. The molecule has 0 spiro atoms. The third-order valence-electron chi connectivity index (χ3n) is 3.00. The van der Waals surface area contributed by atoms with Crippen LogP contribution in [0.2, 0.25) is 0 Å². The fourth-order valence-electron chi connectivity index (χ4n) is 2.09. The molecule has 0 amide bonds. The first-order valence-electron chi connectivity index (χ1n) is 6.00. The van der Waals surface area contributed by atoms with Crippen molar-refractivity contribution in [3.63, 3.8) is 0 Å². The van der Waals surface area contributed by atoms with E-state index in [1.165, 1.54) is 6.33 Å². The average molecular weight is 254 g/mol. The lowest BCUT2D eigenvalue weighted by molar-refractivity contribution is 0.755. The largest absolute Gasteiger partial charge is 0.326 e. The van der Waals surface area contributed by atoms with Gasteiger partial charge in [0, 0.05) is 12.1 Å². The number of nitrogens with zero attached hydrogens (tertiary/aromatic N) is 5. The second kappa shape index (κ2) is 4.66. The van der Waals surface area contributed by atoms with Crippen molar-refractivity contribution in [3.05, 3.63) is 54.2 Å². The molecule has 3 aromatic rings. The Hall–Kier alpha value is -2.47. The highest BCUT2D eigenvalue weighted by atomic mass is 15.4. The number of hydrogen-bond donors (Lipinski definition) is 1. The van der Waals surface area contributed by atoms with Crippen molar-refractivity contribution in [3.8, 4) is 11.5 Å². The minimum absolute atomic E-state index is 0.411. The van der Waals surface area contributed by atoms with E-state index in [-0.39, 0.29) is 0 Å². The Morgan fingerprint density at radius 1 is 1.21 bits per heavy atom. The summed E-state index contributed by atoms with van der Waals surface area (Å²) in [6.45, 7) is 2.36. The smallest absolute Gasteiger partial charge is 0.163 e. The van der Waals surface area contributed by atoms with Gasteiger partial charge in [0.15, 0.2) is 5.82 Å². The molecule has 3 rings (SSSR count). The van der Waals surface area contributed by atoms with E-state index in [2.05, 4.69) is 15.2 Å². The van der Waals surface area contributed by atoms with Crippen LogP contribution in [0.3, 0.4) is 0 Å². The van der Waals surface area contributed by atoms with Crippen LogP contribution < -0.4 is 5.73 Å². The number of rotatable bonds is 3. The van der Waals surface area contributed by atoms with Crippen LogP contribution in [0.1, 0.15) is 11.3 Å².